The first-order valence-corrected chi connectivity index (χ1v) is 9.76. The van der Waals surface area contributed by atoms with Crippen LogP contribution in [0.25, 0.3) is 22.3 Å². The summed E-state index contributed by atoms with van der Waals surface area (Å²) >= 11 is 0. The Hall–Kier alpha value is -4.27. The number of hydrogen-bond donors (Lipinski definition) is 2. The number of benzene rings is 2. The average molecular weight is 434 g/mol. The van der Waals surface area contributed by atoms with Crippen LogP contribution in [-0.4, -0.2) is 33.1 Å². The van der Waals surface area contributed by atoms with Gasteiger partial charge in [-0.3, -0.25) is 14.3 Å². The number of carbonyl (C=O) groups is 1. The summed E-state index contributed by atoms with van der Waals surface area (Å²) in [7, 11) is 3.19. The maximum absolute atomic E-state index is 13.0. The molecule has 2 aromatic carbocycles. The van der Waals surface area contributed by atoms with Crippen molar-refractivity contribution in [2.24, 2.45) is 7.05 Å². The number of ether oxygens (including phenoxy) is 2. The van der Waals surface area contributed by atoms with Crippen LogP contribution < -0.4 is 14.9 Å². The van der Waals surface area contributed by atoms with Crippen molar-refractivity contribution in [3.8, 4) is 34.3 Å². The summed E-state index contributed by atoms with van der Waals surface area (Å²) in [5.41, 5.74) is 1.29. The lowest BCUT2D eigenvalue weighted by molar-refractivity contribution is -0.135. The van der Waals surface area contributed by atoms with Gasteiger partial charge in [-0.25, -0.2) is 0 Å². The zero-order chi connectivity index (χ0) is 22.6. The van der Waals surface area contributed by atoms with Gasteiger partial charge in [0.1, 0.15) is 28.2 Å². The van der Waals surface area contributed by atoms with Gasteiger partial charge in [-0.2, -0.15) is 5.10 Å². The molecule has 2 aromatic heterocycles. The Kier molecular flexibility index (Phi) is 4.40. The second-order valence-corrected chi connectivity index (χ2v) is 7.55. The fourth-order valence-electron chi connectivity index (χ4n) is 4.05. The molecule has 0 fully saturated rings. The Labute approximate surface area is 181 Å². The van der Waals surface area contributed by atoms with Crippen molar-refractivity contribution in [2.45, 2.75) is 12.3 Å². The summed E-state index contributed by atoms with van der Waals surface area (Å²) < 4.78 is 18.1. The summed E-state index contributed by atoms with van der Waals surface area (Å²) in [6.07, 6.45) is 3.43. The Balaban J connectivity index is 1.80. The molecule has 0 saturated carbocycles. The quantitative estimate of drug-likeness (QED) is 0.372. The molecule has 1 aliphatic rings. The van der Waals surface area contributed by atoms with Gasteiger partial charge in [0.05, 0.1) is 19.7 Å². The molecule has 3 heterocycles. The van der Waals surface area contributed by atoms with Crippen molar-refractivity contribution in [2.75, 3.05) is 7.11 Å². The van der Waals surface area contributed by atoms with Crippen molar-refractivity contribution in [1.82, 2.24) is 9.78 Å². The van der Waals surface area contributed by atoms with Crippen LogP contribution in [0.2, 0.25) is 0 Å². The lowest BCUT2D eigenvalue weighted by Crippen LogP contribution is -2.21. The Morgan fingerprint density at radius 2 is 1.97 bits per heavy atom. The van der Waals surface area contributed by atoms with E-state index in [-0.39, 0.29) is 46.1 Å². The van der Waals surface area contributed by atoms with Crippen LogP contribution in [0.4, 0.5) is 0 Å². The molecule has 1 aliphatic heterocycles. The van der Waals surface area contributed by atoms with E-state index in [1.807, 2.05) is 0 Å². The summed E-state index contributed by atoms with van der Waals surface area (Å²) in [6, 6.07) is 7.10. The topological polar surface area (TPSA) is 124 Å². The van der Waals surface area contributed by atoms with Crippen LogP contribution >= 0.6 is 0 Å². The molecule has 5 rings (SSSR count). The number of methoxy groups -OCH3 is 1. The molecule has 32 heavy (non-hydrogen) atoms. The molecular formula is C23H18N2O7. The molecule has 0 spiro atoms. The molecule has 0 saturated heterocycles. The Morgan fingerprint density at radius 3 is 2.66 bits per heavy atom. The summed E-state index contributed by atoms with van der Waals surface area (Å²) in [5, 5.41) is 24.8. The van der Waals surface area contributed by atoms with Crippen LogP contribution in [0.5, 0.6) is 23.0 Å². The lowest BCUT2D eigenvalue weighted by Gasteiger charge is -2.25. The predicted molar refractivity (Wildman–Crippen MR) is 113 cm³/mol. The van der Waals surface area contributed by atoms with E-state index in [9.17, 15) is 19.8 Å². The molecule has 2 N–H and O–H groups in total. The number of aromatic hydroxyl groups is 2. The average Bonchev–Trinajstić information content (AvgIpc) is 3.18. The molecular weight excluding hydrogens is 416 g/mol. The molecule has 4 aromatic rings. The van der Waals surface area contributed by atoms with E-state index >= 15 is 0 Å². The number of fused-ring (bicyclic) bond motifs is 3. The number of carbonyl (C=O) groups excluding carboxylic acids is 1. The standard InChI is InChI=1S/C23H18N2O7/c1-25-10-12(9-24-25)13-6-20(29)31-19-8-16(28)22-15(27)7-18(32-23(22)21(13)19)11-3-4-17(30-2)14(26)5-11/h3-5,7-10,13,26,28H,6H2,1-2H3. The first-order chi connectivity index (χ1) is 15.4. The zero-order valence-electron chi connectivity index (χ0n) is 17.2. The number of nitrogens with zero attached hydrogens (tertiary/aromatic N) is 2. The van der Waals surface area contributed by atoms with E-state index < -0.39 is 17.3 Å². The van der Waals surface area contributed by atoms with E-state index in [0.717, 1.165) is 5.56 Å². The van der Waals surface area contributed by atoms with Crippen LogP contribution in [0, 0.1) is 0 Å². The molecule has 0 amide bonds. The zero-order valence-corrected chi connectivity index (χ0v) is 17.2. The lowest BCUT2D eigenvalue weighted by atomic mass is 9.86. The number of phenols is 2. The van der Waals surface area contributed by atoms with Crippen molar-refractivity contribution in [1.29, 1.82) is 0 Å². The van der Waals surface area contributed by atoms with E-state index in [2.05, 4.69) is 5.10 Å². The number of phenolic OH excluding ortho intramolecular Hbond substituents is 2. The van der Waals surface area contributed by atoms with Crippen molar-refractivity contribution in [3.05, 3.63) is 64.1 Å². The van der Waals surface area contributed by atoms with E-state index in [1.54, 1.807) is 36.3 Å². The number of esters is 1. The largest absolute Gasteiger partial charge is 0.507 e. The van der Waals surface area contributed by atoms with Gasteiger partial charge in [0.15, 0.2) is 16.9 Å². The third kappa shape index (κ3) is 3.06. The second-order valence-electron chi connectivity index (χ2n) is 7.55. The van der Waals surface area contributed by atoms with Crippen LogP contribution in [0.1, 0.15) is 23.5 Å². The highest BCUT2D eigenvalue weighted by atomic mass is 16.5. The van der Waals surface area contributed by atoms with Crippen molar-refractivity contribution >= 4 is 16.9 Å². The second kappa shape index (κ2) is 7.16. The van der Waals surface area contributed by atoms with E-state index in [4.69, 9.17) is 13.9 Å². The van der Waals surface area contributed by atoms with Gasteiger partial charge in [-0.15, -0.1) is 0 Å². The first-order valence-electron chi connectivity index (χ1n) is 9.76. The first kappa shape index (κ1) is 19.7. The van der Waals surface area contributed by atoms with Crippen molar-refractivity contribution < 1.29 is 28.9 Å². The monoisotopic (exact) mass is 434 g/mol. The highest BCUT2D eigenvalue weighted by Crippen LogP contribution is 2.46. The number of rotatable bonds is 3. The molecule has 1 unspecified atom stereocenters. The summed E-state index contributed by atoms with van der Waals surface area (Å²) in [5.74, 6) is -0.845. The van der Waals surface area contributed by atoms with Gasteiger partial charge in [0.2, 0.25) is 0 Å². The van der Waals surface area contributed by atoms with Gasteiger partial charge in [-0.1, -0.05) is 0 Å². The number of aromatic nitrogens is 2. The number of aryl methyl sites for hydroxylation is 1. The summed E-state index contributed by atoms with van der Waals surface area (Å²) in [6.45, 7) is 0. The summed E-state index contributed by atoms with van der Waals surface area (Å²) in [4.78, 5) is 25.2. The Morgan fingerprint density at radius 1 is 1.16 bits per heavy atom. The predicted octanol–water partition coefficient (Wildman–Crippen LogP) is 3.05. The maximum atomic E-state index is 13.0. The smallest absolute Gasteiger partial charge is 0.312 e. The molecule has 0 radical (unpaired) electrons. The van der Waals surface area contributed by atoms with Gasteiger partial charge in [0, 0.05) is 42.4 Å². The molecule has 162 valence electrons. The molecule has 0 aliphatic carbocycles. The molecule has 1 atom stereocenters. The van der Waals surface area contributed by atoms with Gasteiger partial charge in [0.25, 0.3) is 0 Å². The highest BCUT2D eigenvalue weighted by molar-refractivity contribution is 5.93. The fraction of sp³-hybridized carbons (Fsp3) is 0.174. The van der Waals surface area contributed by atoms with Crippen LogP contribution in [-0.2, 0) is 11.8 Å². The minimum absolute atomic E-state index is 0.0166. The van der Waals surface area contributed by atoms with Gasteiger partial charge < -0.3 is 24.1 Å². The highest BCUT2D eigenvalue weighted by Gasteiger charge is 2.34. The minimum Gasteiger partial charge on any atom is -0.507 e. The van der Waals surface area contributed by atoms with E-state index in [1.165, 1.54) is 25.3 Å². The third-order valence-electron chi connectivity index (χ3n) is 5.52. The van der Waals surface area contributed by atoms with Gasteiger partial charge >= 0.3 is 5.97 Å². The maximum Gasteiger partial charge on any atom is 0.312 e. The van der Waals surface area contributed by atoms with E-state index in [0.29, 0.717) is 11.1 Å². The Bertz CT molecular complexity index is 1450. The van der Waals surface area contributed by atoms with Crippen molar-refractivity contribution in [3.63, 3.8) is 0 Å². The van der Waals surface area contributed by atoms with Crippen LogP contribution in [0.3, 0.4) is 0 Å². The third-order valence-corrected chi connectivity index (χ3v) is 5.52. The van der Waals surface area contributed by atoms with Crippen LogP contribution in [0.15, 0.2) is 51.9 Å². The fourth-order valence-corrected chi connectivity index (χ4v) is 4.05. The SMILES string of the molecule is COc1ccc(-c2cc(=O)c3c(O)cc4c(c3o2)C(c2cnn(C)c2)CC(=O)O4)cc1O. The normalized spacial score (nSPS) is 15.4. The molecule has 9 heteroatoms. The number of hydrogen-bond acceptors (Lipinski definition) is 8. The molecule has 9 nitrogen and oxygen atoms in total. The van der Waals surface area contributed by atoms with Gasteiger partial charge in [-0.05, 0) is 23.8 Å². The minimum atomic E-state index is -0.481. The molecule has 0 bridgehead atoms.